The van der Waals surface area contributed by atoms with Gasteiger partial charge in [0.1, 0.15) is 0 Å². The number of benzene rings is 2. The summed E-state index contributed by atoms with van der Waals surface area (Å²) in [5, 5.41) is 14.5. The zero-order valence-electron chi connectivity index (χ0n) is 14.2. The molecular weight excluding hydrogens is 413 g/mol. The topological polar surface area (TPSA) is 92.5 Å². The van der Waals surface area contributed by atoms with Crippen LogP contribution in [-0.4, -0.2) is 37.3 Å². The summed E-state index contributed by atoms with van der Waals surface area (Å²) in [5.74, 6) is -0.216. The van der Waals surface area contributed by atoms with Gasteiger partial charge in [-0.2, -0.15) is 4.31 Å². The van der Waals surface area contributed by atoms with E-state index in [9.17, 15) is 18.5 Å². The Morgan fingerprint density at radius 3 is 2.48 bits per heavy atom. The molecule has 0 radical (unpaired) electrons. The summed E-state index contributed by atoms with van der Waals surface area (Å²) in [6.07, 6.45) is 0. The van der Waals surface area contributed by atoms with Crippen molar-refractivity contribution in [2.24, 2.45) is 0 Å². The zero-order valence-corrected chi connectivity index (χ0v) is 16.6. The molecule has 0 amide bonds. The van der Waals surface area contributed by atoms with Gasteiger partial charge in [0.2, 0.25) is 10.0 Å². The van der Waals surface area contributed by atoms with E-state index >= 15 is 0 Å². The number of hydrogen-bond acceptors (Lipinski definition) is 5. The van der Waals surface area contributed by atoms with Crippen LogP contribution in [0.2, 0.25) is 5.02 Å². The van der Waals surface area contributed by atoms with Gasteiger partial charge >= 0.3 is 0 Å². The van der Waals surface area contributed by atoms with Crippen LogP contribution in [0, 0.1) is 10.1 Å². The molecule has 1 N–H and O–H groups in total. The van der Waals surface area contributed by atoms with E-state index in [-0.39, 0.29) is 29.9 Å². The summed E-state index contributed by atoms with van der Waals surface area (Å²) >= 11 is 6.27. The van der Waals surface area contributed by atoms with Crippen molar-refractivity contribution < 1.29 is 13.3 Å². The number of halogens is 2. The maximum atomic E-state index is 13.0. The van der Waals surface area contributed by atoms with Gasteiger partial charge in [0.15, 0.2) is 0 Å². The first-order chi connectivity index (χ1) is 12.4. The molecule has 1 saturated heterocycles. The predicted octanol–water partition coefficient (Wildman–Crippen LogP) is 3.15. The Morgan fingerprint density at radius 2 is 1.85 bits per heavy atom. The molecule has 1 aliphatic rings. The molecule has 0 bridgehead atoms. The van der Waals surface area contributed by atoms with Gasteiger partial charge in [0, 0.05) is 36.8 Å². The average Bonchev–Trinajstić information content (AvgIpc) is 2.62. The van der Waals surface area contributed by atoms with Crippen molar-refractivity contribution in [2.75, 3.05) is 19.6 Å². The summed E-state index contributed by atoms with van der Waals surface area (Å²) < 4.78 is 27.4. The fourth-order valence-corrected chi connectivity index (χ4v) is 5.02. The Labute approximate surface area is 168 Å². The lowest BCUT2D eigenvalue weighted by atomic mass is 10.1. The molecule has 2 aromatic rings. The number of piperazine rings is 1. The minimum absolute atomic E-state index is 0. The van der Waals surface area contributed by atoms with Crippen LogP contribution in [-0.2, 0) is 15.8 Å². The largest absolute Gasteiger partial charge is 0.313 e. The Morgan fingerprint density at radius 1 is 1.19 bits per heavy atom. The fourth-order valence-electron chi connectivity index (χ4n) is 3.04. The standard InChI is InChI=1S/C17H18ClN3O4S.ClH/c18-16-4-2-1-3-15(16)17-11-19-9-10-20(17)26(24,25)12-13-5-7-14(8-6-13)21(22)23;/h1-8,17,19H,9-12H2;1H. The van der Waals surface area contributed by atoms with Crippen LogP contribution in [0.3, 0.4) is 0 Å². The highest BCUT2D eigenvalue weighted by Gasteiger charge is 2.34. The minimum Gasteiger partial charge on any atom is -0.313 e. The Hall–Kier alpha value is -1.71. The molecule has 2 aromatic carbocycles. The molecule has 0 aliphatic carbocycles. The first-order valence-corrected chi connectivity index (χ1v) is 10.1. The maximum Gasteiger partial charge on any atom is 0.269 e. The molecule has 7 nitrogen and oxygen atoms in total. The quantitative estimate of drug-likeness (QED) is 0.579. The molecule has 3 rings (SSSR count). The first-order valence-electron chi connectivity index (χ1n) is 8.06. The highest BCUT2D eigenvalue weighted by atomic mass is 35.5. The van der Waals surface area contributed by atoms with Crippen LogP contribution in [0.5, 0.6) is 0 Å². The monoisotopic (exact) mass is 431 g/mol. The van der Waals surface area contributed by atoms with E-state index in [0.29, 0.717) is 30.2 Å². The number of sulfonamides is 1. The number of nitro groups is 1. The molecule has 1 atom stereocenters. The number of rotatable bonds is 5. The third kappa shape index (κ3) is 4.97. The summed E-state index contributed by atoms with van der Waals surface area (Å²) in [6, 6.07) is 12.4. The highest BCUT2D eigenvalue weighted by molar-refractivity contribution is 7.88. The van der Waals surface area contributed by atoms with Crippen molar-refractivity contribution in [1.29, 1.82) is 0 Å². The SMILES string of the molecule is Cl.O=[N+]([O-])c1ccc(CS(=O)(=O)N2CCNCC2c2ccccc2Cl)cc1. The highest BCUT2D eigenvalue weighted by Crippen LogP contribution is 2.31. The number of non-ortho nitro benzene ring substituents is 1. The zero-order chi connectivity index (χ0) is 18.7. The van der Waals surface area contributed by atoms with Crippen molar-refractivity contribution in [3.05, 3.63) is 74.8 Å². The van der Waals surface area contributed by atoms with Gasteiger partial charge in [-0.25, -0.2) is 8.42 Å². The van der Waals surface area contributed by atoms with E-state index in [4.69, 9.17) is 11.6 Å². The van der Waals surface area contributed by atoms with Crippen molar-refractivity contribution in [1.82, 2.24) is 9.62 Å². The molecule has 1 aliphatic heterocycles. The Bertz CT molecular complexity index is 907. The number of hydrogen-bond donors (Lipinski definition) is 1. The average molecular weight is 432 g/mol. The smallest absolute Gasteiger partial charge is 0.269 e. The van der Waals surface area contributed by atoms with Crippen LogP contribution < -0.4 is 5.32 Å². The van der Waals surface area contributed by atoms with Gasteiger partial charge < -0.3 is 5.32 Å². The van der Waals surface area contributed by atoms with Crippen LogP contribution in [0.4, 0.5) is 5.69 Å². The van der Waals surface area contributed by atoms with Gasteiger partial charge in [-0.15, -0.1) is 12.4 Å². The van der Waals surface area contributed by atoms with Gasteiger partial charge in [-0.05, 0) is 17.2 Å². The van der Waals surface area contributed by atoms with Gasteiger partial charge in [-0.1, -0.05) is 41.9 Å². The van der Waals surface area contributed by atoms with Crippen molar-refractivity contribution in [3.8, 4) is 0 Å². The van der Waals surface area contributed by atoms with E-state index in [1.807, 2.05) is 12.1 Å². The lowest BCUT2D eigenvalue weighted by Crippen LogP contribution is -2.49. The maximum absolute atomic E-state index is 13.0. The second-order valence-corrected chi connectivity index (χ2v) is 8.36. The van der Waals surface area contributed by atoms with Crippen LogP contribution in [0.15, 0.2) is 48.5 Å². The molecule has 27 heavy (non-hydrogen) atoms. The first kappa shape index (κ1) is 21.6. The predicted molar refractivity (Wildman–Crippen MR) is 107 cm³/mol. The van der Waals surface area contributed by atoms with E-state index in [1.54, 1.807) is 12.1 Å². The molecule has 1 fully saturated rings. The Kier molecular flexibility index (Phi) is 7.19. The normalized spacial score (nSPS) is 17.9. The molecule has 146 valence electrons. The molecule has 0 aromatic heterocycles. The summed E-state index contributed by atoms with van der Waals surface area (Å²) in [5.41, 5.74) is 1.20. The van der Waals surface area contributed by atoms with E-state index in [2.05, 4.69) is 5.32 Å². The van der Waals surface area contributed by atoms with Gasteiger partial charge in [0.25, 0.3) is 5.69 Å². The van der Waals surface area contributed by atoms with Crippen LogP contribution in [0.1, 0.15) is 17.2 Å². The van der Waals surface area contributed by atoms with Crippen molar-refractivity contribution in [2.45, 2.75) is 11.8 Å². The molecule has 1 unspecified atom stereocenters. The third-order valence-corrected chi connectivity index (χ3v) is 6.51. The van der Waals surface area contributed by atoms with Crippen molar-refractivity contribution in [3.63, 3.8) is 0 Å². The van der Waals surface area contributed by atoms with E-state index in [1.165, 1.54) is 28.6 Å². The van der Waals surface area contributed by atoms with E-state index < -0.39 is 14.9 Å². The van der Waals surface area contributed by atoms with Crippen LogP contribution in [0.25, 0.3) is 0 Å². The van der Waals surface area contributed by atoms with Gasteiger partial charge in [0.05, 0.1) is 16.7 Å². The second kappa shape index (κ2) is 8.99. The molecular formula is C17H19Cl2N3O4S. The summed E-state index contributed by atoms with van der Waals surface area (Å²) in [4.78, 5) is 10.2. The van der Waals surface area contributed by atoms with Gasteiger partial charge in [-0.3, -0.25) is 10.1 Å². The molecule has 0 spiro atoms. The lowest BCUT2D eigenvalue weighted by Gasteiger charge is -2.35. The summed E-state index contributed by atoms with van der Waals surface area (Å²) in [6.45, 7) is 1.37. The van der Waals surface area contributed by atoms with Crippen molar-refractivity contribution >= 4 is 39.7 Å². The third-order valence-electron chi connectivity index (χ3n) is 4.31. The molecule has 0 saturated carbocycles. The van der Waals surface area contributed by atoms with Crippen LogP contribution >= 0.6 is 24.0 Å². The summed E-state index contributed by atoms with van der Waals surface area (Å²) in [7, 11) is -3.62. The molecule has 10 heteroatoms. The second-order valence-electron chi connectivity index (χ2n) is 6.03. The number of nitrogens with one attached hydrogen (secondary N) is 1. The lowest BCUT2D eigenvalue weighted by molar-refractivity contribution is -0.384. The van der Waals surface area contributed by atoms with E-state index in [0.717, 1.165) is 5.56 Å². The minimum atomic E-state index is -3.62. The number of nitrogens with zero attached hydrogens (tertiary/aromatic N) is 2. The Balaban J connectivity index is 0.00000261. The molecule has 1 heterocycles. The fraction of sp³-hybridized carbons (Fsp3) is 0.294. The number of nitro benzene ring substituents is 1.